The minimum atomic E-state index is -3.93. The van der Waals surface area contributed by atoms with E-state index in [9.17, 15) is 12.8 Å². The molecule has 0 aromatic heterocycles. The predicted molar refractivity (Wildman–Crippen MR) is 78.2 cm³/mol. The molecule has 1 unspecified atom stereocenters. The SMILES string of the molecule is CC1CN(S(=O)(=O)c2ccc(Cl)c(F)c2Cl)CC/C1=N\O. The Bertz CT molecular complexity index is 694. The second-order valence-corrected chi connectivity index (χ2v) is 7.47. The average Bonchev–Trinajstić information content (AvgIpc) is 2.44. The van der Waals surface area contributed by atoms with Crippen LogP contribution in [0.5, 0.6) is 0 Å². The lowest BCUT2D eigenvalue weighted by Gasteiger charge is -2.30. The molecule has 21 heavy (non-hydrogen) atoms. The van der Waals surface area contributed by atoms with Crippen LogP contribution in [0.3, 0.4) is 0 Å². The van der Waals surface area contributed by atoms with E-state index in [2.05, 4.69) is 5.16 Å². The number of halogens is 3. The first-order chi connectivity index (χ1) is 9.78. The Kier molecular flexibility index (Phi) is 4.77. The summed E-state index contributed by atoms with van der Waals surface area (Å²) >= 11 is 11.3. The van der Waals surface area contributed by atoms with Crippen LogP contribution in [0.1, 0.15) is 13.3 Å². The molecule has 0 aliphatic carbocycles. The predicted octanol–water partition coefficient (Wildman–Crippen LogP) is 2.99. The van der Waals surface area contributed by atoms with Gasteiger partial charge in [0.1, 0.15) is 4.90 Å². The van der Waals surface area contributed by atoms with Crippen molar-refractivity contribution in [3.8, 4) is 0 Å². The van der Waals surface area contributed by atoms with E-state index in [0.717, 1.165) is 6.07 Å². The topological polar surface area (TPSA) is 70.0 Å². The van der Waals surface area contributed by atoms with Crippen molar-refractivity contribution in [2.24, 2.45) is 11.1 Å². The minimum absolute atomic E-state index is 0.141. The summed E-state index contributed by atoms with van der Waals surface area (Å²) in [7, 11) is -3.93. The molecule has 1 fully saturated rings. The zero-order valence-electron chi connectivity index (χ0n) is 11.1. The third kappa shape index (κ3) is 3.01. The Morgan fingerprint density at radius 1 is 1.43 bits per heavy atom. The molecular weight excluding hydrogens is 342 g/mol. The van der Waals surface area contributed by atoms with Gasteiger partial charge in [0.05, 0.1) is 15.8 Å². The van der Waals surface area contributed by atoms with E-state index >= 15 is 0 Å². The summed E-state index contributed by atoms with van der Waals surface area (Å²) in [6, 6.07) is 2.34. The van der Waals surface area contributed by atoms with Crippen molar-refractivity contribution in [3.63, 3.8) is 0 Å². The second-order valence-electron chi connectivity index (χ2n) is 4.78. The van der Waals surface area contributed by atoms with Crippen molar-refractivity contribution in [3.05, 3.63) is 28.0 Å². The van der Waals surface area contributed by atoms with Crippen LogP contribution in [0.2, 0.25) is 10.0 Å². The monoisotopic (exact) mass is 354 g/mol. The highest BCUT2D eigenvalue weighted by Gasteiger charge is 2.33. The fourth-order valence-corrected chi connectivity index (χ4v) is 4.45. The van der Waals surface area contributed by atoms with Crippen molar-refractivity contribution < 1.29 is 18.0 Å². The molecule has 9 heteroatoms. The lowest BCUT2D eigenvalue weighted by molar-refractivity contribution is 0.300. The van der Waals surface area contributed by atoms with Gasteiger partial charge in [-0.3, -0.25) is 0 Å². The molecule has 1 N–H and O–H groups in total. The molecule has 0 spiro atoms. The molecule has 0 bridgehead atoms. The van der Waals surface area contributed by atoms with Crippen molar-refractivity contribution in [2.45, 2.75) is 18.2 Å². The van der Waals surface area contributed by atoms with Crippen molar-refractivity contribution >= 4 is 38.9 Å². The van der Waals surface area contributed by atoms with Gasteiger partial charge in [0, 0.05) is 25.4 Å². The zero-order valence-corrected chi connectivity index (χ0v) is 13.4. The smallest absolute Gasteiger partial charge is 0.244 e. The molecule has 1 aromatic carbocycles. The Morgan fingerprint density at radius 2 is 2.10 bits per heavy atom. The van der Waals surface area contributed by atoms with E-state index in [1.165, 1.54) is 10.4 Å². The first kappa shape index (κ1) is 16.5. The van der Waals surface area contributed by atoms with Gasteiger partial charge in [-0.1, -0.05) is 35.3 Å². The molecule has 1 aromatic rings. The van der Waals surface area contributed by atoms with Crippen molar-refractivity contribution in [1.82, 2.24) is 4.31 Å². The molecule has 1 atom stereocenters. The molecule has 5 nitrogen and oxygen atoms in total. The molecule has 1 saturated heterocycles. The standard InChI is InChI=1S/C12H13Cl2FN2O3S/c1-7-6-17(5-4-9(7)16-18)21(19,20)10-3-2-8(13)12(15)11(10)14/h2-3,7,18H,4-6H2,1H3/b16-9+. The second kappa shape index (κ2) is 6.08. The van der Waals surface area contributed by atoms with E-state index < -0.39 is 20.9 Å². The highest BCUT2D eigenvalue weighted by Crippen LogP contribution is 2.32. The summed E-state index contributed by atoms with van der Waals surface area (Å²) in [5.74, 6) is -1.18. The molecule has 0 saturated carbocycles. The highest BCUT2D eigenvalue weighted by atomic mass is 35.5. The van der Waals surface area contributed by atoms with Crippen molar-refractivity contribution in [2.75, 3.05) is 13.1 Å². The Morgan fingerprint density at radius 3 is 2.67 bits per heavy atom. The maximum atomic E-state index is 13.7. The van der Waals surface area contributed by atoms with Crippen LogP contribution in [-0.2, 0) is 10.0 Å². The summed E-state index contributed by atoms with van der Waals surface area (Å²) in [6.07, 6.45) is 0.310. The summed E-state index contributed by atoms with van der Waals surface area (Å²) in [5.41, 5.74) is 0.537. The van der Waals surface area contributed by atoms with Crippen LogP contribution in [0.4, 0.5) is 4.39 Å². The molecule has 0 radical (unpaired) electrons. The molecular formula is C12H13Cl2FN2O3S. The Balaban J connectivity index is 2.38. The van der Waals surface area contributed by atoms with Gasteiger partial charge in [0.25, 0.3) is 0 Å². The van der Waals surface area contributed by atoms with Gasteiger partial charge < -0.3 is 5.21 Å². The molecule has 2 rings (SSSR count). The maximum Gasteiger partial charge on any atom is 0.244 e. The summed E-state index contributed by atoms with van der Waals surface area (Å²) < 4.78 is 40.0. The third-order valence-corrected chi connectivity index (χ3v) is 6.09. The number of oxime groups is 1. The van der Waals surface area contributed by atoms with E-state index in [0.29, 0.717) is 12.1 Å². The quantitative estimate of drug-likeness (QED) is 0.504. The van der Waals surface area contributed by atoms with Crippen LogP contribution < -0.4 is 0 Å². The first-order valence-electron chi connectivity index (χ1n) is 6.13. The molecule has 0 amide bonds. The number of sulfonamides is 1. The van der Waals surface area contributed by atoms with Gasteiger partial charge >= 0.3 is 0 Å². The van der Waals surface area contributed by atoms with E-state index in [4.69, 9.17) is 28.4 Å². The Hall–Kier alpha value is -0.890. The van der Waals surface area contributed by atoms with Gasteiger partial charge in [-0.15, -0.1) is 0 Å². The normalized spacial score (nSPS) is 22.7. The van der Waals surface area contributed by atoms with Gasteiger partial charge in [0.15, 0.2) is 5.82 Å². The lowest BCUT2D eigenvalue weighted by atomic mass is 10.00. The molecule has 1 aliphatic rings. The van der Waals surface area contributed by atoms with E-state index in [1.54, 1.807) is 6.92 Å². The van der Waals surface area contributed by atoms with Crippen LogP contribution in [-0.4, -0.2) is 36.7 Å². The number of rotatable bonds is 2. The lowest BCUT2D eigenvalue weighted by Crippen LogP contribution is -2.43. The molecule has 1 heterocycles. The zero-order chi connectivity index (χ0) is 15.8. The number of nitrogens with zero attached hydrogens (tertiary/aromatic N) is 2. The van der Waals surface area contributed by atoms with E-state index in [-0.39, 0.29) is 28.9 Å². The minimum Gasteiger partial charge on any atom is -0.411 e. The van der Waals surface area contributed by atoms with Gasteiger partial charge in [-0.05, 0) is 12.1 Å². The number of hydrogen-bond donors (Lipinski definition) is 1. The van der Waals surface area contributed by atoms with Crippen LogP contribution in [0.15, 0.2) is 22.2 Å². The van der Waals surface area contributed by atoms with Gasteiger partial charge in [-0.2, -0.15) is 4.31 Å². The van der Waals surface area contributed by atoms with Crippen LogP contribution in [0, 0.1) is 11.7 Å². The first-order valence-corrected chi connectivity index (χ1v) is 8.33. The largest absolute Gasteiger partial charge is 0.411 e. The Labute approximate surface area is 132 Å². The van der Waals surface area contributed by atoms with Gasteiger partial charge in [0.2, 0.25) is 10.0 Å². The highest BCUT2D eigenvalue weighted by molar-refractivity contribution is 7.89. The average molecular weight is 355 g/mol. The molecule has 1 aliphatic heterocycles. The third-order valence-electron chi connectivity index (χ3n) is 3.41. The summed E-state index contributed by atoms with van der Waals surface area (Å²) in [5, 5.41) is 11.2. The fourth-order valence-electron chi connectivity index (χ4n) is 2.20. The summed E-state index contributed by atoms with van der Waals surface area (Å²) in [4.78, 5) is -0.317. The number of hydrogen-bond acceptors (Lipinski definition) is 4. The van der Waals surface area contributed by atoms with E-state index in [1.807, 2.05) is 0 Å². The molecule has 116 valence electrons. The number of piperidine rings is 1. The maximum absolute atomic E-state index is 13.7. The number of benzene rings is 1. The van der Waals surface area contributed by atoms with Crippen molar-refractivity contribution in [1.29, 1.82) is 0 Å². The van der Waals surface area contributed by atoms with Gasteiger partial charge in [-0.25, -0.2) is 12.8 Å². The van der Waals surface area contributed by atoms with Crippen LogP contribution >= 0.6 is 23.2 Å². The fraction of sp³-hybridized carbons (Fsp3) is 0.417. The van der Waals surface area contributed by atoms with Crippen LogP contribution in [0.25, 0.3) is 0 Å². The summed E-state index contributed by atoms with van der Waals surface area (Å²) in [6.45, 7) is 2.04.